The van der Waals surface area contributed by atoms with Crippen molar-refractivity contribution in [3.63, 3.8) is 0 Å². The van der Waals surface area contributed by atoms with Crippen molar-refractivity contribution in [1.29, 1.82) is 0 Å². The first-order chi connectivity index (χ1) is 22.9. The van der Waals surface area contributed by atoms with E-state index >= 15 is 0 Å². The number of amides is 2. The van der Waals surface area contributed by atoms with Gasteiger partial charge in [-0.15, -0.1) is 0 Å². The molecule has 2 amide bonds. The van der Waals surface area contributed by atoms with Crippen molar-refractivity contribution in [3.05, 3.63) is 75.4 Å². The molecule has 3 aromatic carbocycles. The number of carbonyl (C=O) groups is 3. The number of methoxy groups -OCH3 is 3. The Hall–Kier alpha value is -4.86. The molecular formula is C38H46N2O8. The van der Waals surface area contributed by atoms with Crippen molar-refractivity contribution >= 4 is 23.3 Å². The van der Waals surface area contributed by atoms with Crippen molar-refractivity contribution in [2.24, 2.45) is 11.8 Å². The number of Topliss-reactive ketones (excluding diaryl/α,β-unsaturated/α-hetero) is 1. The number of hydrogen-bond donors (Lipinski definition) is 3. The van der Waals surface area contributed by atoms with Crippen LogP contribution in [0.2, 0.25) is 0 Å². The number of benzene rings is 2. The summed E-state index contributed by atoms with van der Waals surface area (Å²) in [5, 5.41) is 15.3. The standard InChI is InChI=1S/C38H46N2O8/c1-21(2)16-31(39-23(4)41)32(43)18-26(17-24-9-12-27(42)13-10-24)38(45)40-30-15-14-28-29(20-33(30)44)22(3)8-11-25-19-34(46-5)36(47-6)37(48-7)35(25)28/h9-10,12-15,19-22,26,31,42H,8,11,16-18H2,1-7H3,(H,39,41)(H,40,44,45)/t22-,26+,31-/m0/s1. The molecular weight excluding hydrogens is 612 g/mol. The smallest absolute Gasteiger partial charge is 0.228 e. The number of ether oxygens (including phenoxy) is 3. The van der Waals surface area contributed by atoms with E-state index < -0.39 is 17.9 Å². The summed E-state index contributed by atoms with van der Waals surface area (Å²) >= 11 is 0. The van der Waals surface area contributed by atoms with Gasteiger partial charge < -0.3 is 30.0 Å². The number of phenols is 1. The molecule has 10 nitrogen and oxygen atoms in total. The quantitative estimate of drug-likeness (QED) is 0.209. The van der Waals surface area contributed by atoms with Gasteiger partial charge >= 0.3 is 0 Å². The molecule has 0 bridgehead atoms. The molecule has 0 saturated carbocycles. The maximum atomic E-state index is 13.9. The lowest BCUT2D eigenvalue weighted by atomic mass is 9.89. The van der Waals surface area contributed by atoms with Gasteiger partial charge in [0.15, 0.2) is 17.3 Å². The molecule has 48 heavy (non-hydrogen) atoms. The number of aryl methyl sites for hydroxylation is 1. The van der Waals surface area contributed by atoms with Gasteiger partial charge in [-0.1, -0.05) is 39.0 Å². The van der Waals surface area contributed by atoms with E-state index in [4.69, 9.17) is 14.2 Å². The first-order valence-corrected chi connectivity index (χ1v) is 16.3. The number of aromatic hydroxyl groups is 1. The Morgan fingerprint density at radius 2 is 1.65 bits per heavy atom. The SMILES string of the molecule is COc1cc2c(c(OC)c1OC)-c1ccc(NC(=O)[C@@H](CC(=O)[C@H](CC(C)C)NC(C)=O)Cc3ccc(O)cc3)c(=O)cc1[C@@H](C)CC2. The van der Waals surface area contributed by atoms with Crippen LogP contribution in [-0.2, 0) is 27.2 Å². The van der Waals surface area contributed by atoms with Crippen LogP contribution < -0.4 is 30.3 Å². The van der Waals surface area contributed by atoms with Crippen LogP contribution in [0, 0.1) is 11.8 Å². The summed E-state index contributed by atoms with van der Waals surface area (Å²) in [4.78, 5) is 53.1. The average Bonchev–Trinajstić information content (AvgIpc) is 3.28. The van der Waals surface area contributed by atoms with Crippen LogP contribution in [0.3, 0.4) is 0 Å². The highest BCUT2D eigenvalue weighted by Gasteiger charge is 2.30. The predicted octanol–water partition coefficient (Wildman–Crippen LogP) is 5.80. The van der Waals surface area contributed by atoms with Gasteiger partial charge in [0.05, 0.1) is 33.1 Å². The molecule has 1 aliphatic carbocycles. The molecule has 0 spiro atoms. The maximum Gasteiger partial charge on any atom is 0.228 e. The number of ketones is 1. The Morgan fingerprint density at radius 1 is 0.958 bits per heavy atom. The van der Waals surface area contributed by atoms with Gasteiger partial charge in [0, 0.05) is 24.8 Å². The third-order valence-corrected chi connectivity index (χ3v) is 8.81. The lowest BCUT2D eigenvalue weighted by Crippen LogP contribution is -2.42. The average molecular weight is 659 g/mol. The van der Waals surface area contributed by atoms with Crippen LogP contribution in [0.1, 0.15) is 69.6 Å². The predicted molar refractivity (Wildman–Crippen MR) is 185 cm³/mol. The molecule has 4 rings (SSSR count). The third kappa shape index (κ3) is 8.34. The molecule has 3 N–H and O–H groups in total. The molecule has 0 heterocycles. The zero-order chi connectivity index (χ0) is 35.1. The van der Waals surface area contributed by atoms with E-state index in [1.807, 2.05) is 26.0 Å². The van der Waals surface area contributed by atoms with Crippen molar-refractivity contribution in [2.75, 3.05) is 26.6 Å². The van der Waals surface area contributed by atoms with Gasteiger partial charge in [0.25, 0.3) is 0 Å². The highest BCUT2D eigenvalue weighted by Crippen LogP contribution is 2.50. The highest BCUT2D eigenvalue weighted by atomic mass is 16.5. The van der Waals surface area contributed by atoms with E-state index in [0.29, 0.717) is 23.7 Å². The van der Waals surface area contributed by atoms with Crippen molar-refractivity contribution in [3.8, 4) is 34.1 Å². The molecule has 0 saturated heterocycles. The van der Waals surface area contributed by atoms with Crippen LogP contribution >= 0.6 is 0 Å². The van der Waals surface area contributed by atoms with Crippen LogP contribution in [0.15, 0.2) is 53.3 Å². The van der Waals surface area contributed by atoms with E-state index in [9.17, 15) is 24.3 Å². The summed E-state index contributed by atoms with van der Waals surface area (Å²) in [5.74, 6) is -0.248. The van der Waals surface area contributed by atoms with Crippen molar-refractivity contribution in [2.45, 2.75) is 71.8 Å². The second kappa shape index (κ2) is 15.8. The number of anilines is 1. The Morgan fingerprint density at radius 3 is 2.25 bits per heavy atom. The Labute approximate surface area is 281 Å². The maximum absolute atomic E-state index is 13.9. The molecule has 0 aromatic heterocycles. The molecule has 3 atom stereocenters. The monoisotopic (exact) mass is 658 g/mol. The second-order valence-corrected chi connectivity index (χ2v) is 12.9. The fraction of sp³-hybridized carbons (Fsp3) is 0.421. The number of fused-ring (bicyclic) bond motifs is 3. The van der Waals surface area contributed by atoms with Crippen LogP contribution in [-0.4, -0.2) is 50.1 Å². The first-order valence-electron chi connectivity index (χ1n) is 16.3. The fourth-order valence-electron chi connectivity index (χ4n) is 6.39. The normalized spacial score (nSPS) is 14.9. The van der Waals surface area contributed by atoms with E-state index in [1.54, 1.807) is 45.6 Å². The van der Waals surface area contributed by atoms with Gasteiger partial charge in [0.1, 0.15) is 5.75 Å². The highest BCUT2D eigenvalue weighted by molar-refractivity contribution is 5.97. The molecule has 0 fully saturated rings. The van der Waals surface area contributed by atoms with Gasteiger partial charge in [0.2, 0.25) is 23.0 Å². The molecule has 0 aliphatic heterocycles. The molecule has 1 aliphatic rings. The topological polar surface area (TPSA) is 140 Å². The summed E-state index contributed by atoms with van der Waals surface area (Å²) in [6.07, 6.45) is 1.95. The zero-order valence-corrected chi connectivity index (χ0v) is 28.8. The van der Waals surface area contributed by atoms with Crippen LogP contribution in [0.25, 0.3) is 11.1 Å². The minimum Gasteiger partial charge on any atom is -0.508 e. The third-order valence-electron chi connectivity index (χ3n) is 8.81. The molecule has 0 unspecified atom stereocenters. The van der Waals surface area contributed by atoms with Gasteiger partial charge in [-0.3, -0.25) is 19.2 Å². The lowest BCUT2D eigenvalue weighted by Gasteiger charge is -2.22. The molecule has 3 aromatic rings. The molecule has 0 radical (unpaired) electrons. The van der Waals surface area contributed by atoms with E-state index in [0.717, 1.165) is 40.7 Å². The van der Waals surface area contributed by atoms with E-state index in [2.05, 4.69) is 17.6 Å². The zero-order valence-electron chi connectivity index (χ0n) is 28.8. The van der Waals surface area contributed by atoms with Crippen LogP contribution in [0.5, 0.6) is 23.0 Å². The van der Waals surface area contributed by atoms with E-state index in [-0.39, 0.29) is 53.2 Å². The largest absolute Gasteiger partial charge is 0.508 e. The number of rotatable bonds is 13. The van der Waals surface area contributed by atoms with E-state index in [1.165, 1.54) is 19.1 Å². The summed E-state index contributed by atoms with van der Waals surface area (Å²) in [6, 6.07) is 12.6. The molecule has 256 valence electrons. The number of carbonyl (C=O) groups excluding carboxylic acids is 3. The fourth-order valence-corrected chi connectivity index (χ4v) is 6.39. The lowest BCUT2D eigenvalue weighted by molar-refractivity contribution is -0.129. The summed E-state index contributed by atoms with van der Waals surface area (Å²) in [7, 11) is 4.68. The Kier molecular flexibility index (Phi) is 11.9. The minimum absolute atomic E-state index is 0.0179. The number of hydrogen-bond acceptors (Lipinski definition) is 8. The van der Waals surface area contributed by atoms with Crippen LogP contribution in [0.4, 0.5) is 5.69 Å². The second-order valence-electron chi connectivity index (χ2n) is 12.9. The summed E-state index contributed by atoms with van der Waals surface area (Å²) in [5.41, 5.74) is 3.82. The van der Waals surface area contributed by atoms with Gasteiger partial charge in [-0.25, -0.2) is 0 Å². The minimum atomic E-state index is -0.857. The summed E-state index contributed by atoms with van der Waals surface area (Å²) < 4.78 is 17.1. The Balaban J connectivity index is 1.75. The Bertz CT molecular complexity index is 1720. The van der Waals surface area contributed by atoms with Crippen molar-refractivity contribution < 1.29 is 33.7 Å². The molecule has 10 heteroatoms. The van der Waals surface area contributed by atoms with Gasteiger partial charge in [-0.05, 0) is 90.1 Å². The van der Waals surface area contributed by atoms with Gasteiger partial charge in [-0.2, -0.15) is 0 Å². The van der Waals surface area contributed by atoms with Crippen molar-refractivity contribution in [1.82, 2.24) is 5.32 Å². The number of phenolic OH excluding ortho intramolecular Hbond substituents is 1. The number of nitrogens with one attached hydrogen (secondary N) is 2. The first kappa shape index (κ1) is 36.0. The summed E-state index contributed by atoms with van der Waals surface area (Å²) in [6.45, 7) is 7.33.